The minimum Gasteiger partial charge on any atom is -0.390 e. The Morgan fingerprint density at radius 1 is 1.16 bits per heavy atom. The second-order valence-corrected chi connectivity index (χ2v) is 5.61. The van der Waals surface area contributed by atoms with Crippen LogP contribution in [0.15, 0.2) is 24.3 Å². The molecule has 2 unspecified atom stereocenters. The highest BCUT2D eigenvalue weighted by Gasteiger charge is 2.19. The SMILES string of the molecule is OC(CCS)C(O)c1cccc(N2CCCCC2)c1. The van der Waals surface area contributed by atoms with Crippen LogP contribution in [0.3, 0.4) is 0 Å². The third-order valence-corrected chi connectivity index (χ3v) is 3.98. The molecule has 1 saturated heterocycles. The van der Waals surface area contributed by atoms with E-state index in [0.29, 0.717) is 12.2 Å². The van der Waals surface area contributed by atoms with Gasteiger partial charge in [0.15, 0.2) is 0 Å². The molecule has 1 aliphatic rings. The summed E-state index contributed by atoms with van der Waals surface area (Å²) in [6.45, 7) is 2.16. The maximum absolute atomic E-state index is 10.1. The van der Waals surface area contributed by atoms with E-state index in [2.05, 4.69) is 23.6 Å². The van der Waals surface area contributed by atoms with Gasteiger partial charge in [-0.2, -0.15) is 12.6 Å². The van der Waals surface area contributed by atoms with Crippen LogP contribution in [-0.2, 0) is 0 Å². The van der Waals surface area contributed by atoms with Crippen molar-refractivity contribution in [2.75, 3.05) is 23.7 Å². The molecular formula is C15H23NO2S. The van der Waals surface area contributed by atoms with Gasteiger partial charge in [0.05, 0.1) is 6.10 Å². The van der Waals surface area contributed by atoms with E-state index in [0.717, 1.165) is 24.3 Å². The Kier molecular flexibility index (Phi) is 5.55. The molecule has 0 aliphatic carbocycles. The van der Waals surface area contributed by atoms with Gasteiger partial charge in [-0.3, -0.25) is 0 Å². The summed E-state index contributed by atoms with van der Waals surface area (Å²) >= 11 is 4.09. The molecule has 2 rings (SSSR count). The summed E-state index contributed by atoms with van der Waals surface area (Å²) in [7, 11) is 0. The second kappa shape index (κ2) is 7.17. The normalized spacial score (nSPS) is 19.2. The highest BCUT2D eigenvalue weighted by molar-refractivity contribution is 7.80. The largest absolute Gasteiger partial charge is 0.390 e. The molecule has 1 aliphatic heterocycles. The van der Waals surface area contributed by atoms with E-state index < -0.39 is 12.2 Å². The Morgan fingerprint density at radius 3 is 2.58 bits per heavy atom. The van der Waals surface area contributed by atoms with Gasteiger partial charge in [0.25, 0.3) is 0 Å². The fourth-order valence-electron chi connectivity index (χ4n) is 2.57. The Bertz CT molecular complexity index is 393. The predicted octanol–water partition coefficient (Wildman–Crippen LogP) is 2.39. The molecule has 3 nitrogen and oxygen atoms in total. The van der Waals surface area contributed by atoms with Crippen molar-refractivity contribution in [1.29, 1.82) is 0 Å². The zero-order valence-corrected chi connectivity index (χ0v) is 12.1. The van der Waals surface area contributed by atoms with E-state index in [1.165, 1.54) is 19.3 Å². The number of rotatable bonds is 5. The molecule has 0 spiro atoms. The van der Waals surface area contributed by atoms with Crippen molar-refractivity contribution < 1.29 is 10.2 Å². The van der Waals surface area contributed by atoms with Crippen LogP contribution in [0.5, 0.6) is 0 Å². The van der Waals surface area contributed by atoms with Gasteiger partial charge in [-0.25, -0.2) is 0 Å². The molecule has 0 saturated carbocycles. The standard InChI is InChI=1S/C15H23NO2S/c17-14(7-10-19)15(18)12-5-4-6-13(11-12)16-8-2-1-3-9-16/h4-6,11,14-15,17-19H,1-3,7-10H2. The first kappa shape index (κ1) is 14.7. The smallest absolute Gasteiger partial charge is 0.105 e. The van der Waals surface area contributed by atoms with Crippen LogP contribution in [0.25, 0.3) is 0 Å². The monoisotopic (exact) mass is 281 g/mol. The summed E-state index contributed by atoms with van der Waals surface area (Å²) in [6, 6.07) is 7.90. The summed E-state index contributed by atoms with van der Waals surface area (Å²) in [5.74, 6) is 0.573. The molecule has 1 aromatic rings. The van der Waals surface area contributed by atoms with Crippen molar-refractivity contribution in [2.24, 2.45) is 0 Å². The number of nitrogens with zero attached hydrogens (tertiary/aromatic N) is 1. The van der Waals surface area contributed by atoms with Crippen molar-refractivity contribution >= 4 is 18.3 Å². The van der Waals surface area contributed by atoms with Crippen LogP contribution in [0, 0.1) is 0 Å². The number of benzene rings is 1. The van der Waals surface area contributed by atoms with Gasteiger partial charge in [0.1, 0.15) is 6.10 Å². The zero-order chi connectivity index (χ0) is 13.7. The van der Waals surface area contributed by atoms with Crippen molar-refractivity contribution in [3.05, 3.63) is 29.8 Å². The highest BCUT2D eigenvalue weighted by Crippen LogP contribution is 2.26. The minimum absolute atomic E-state index is 0.498. The molecule has 4 heteroatoms. The molecule has 1 fully saturated rings. The number of anilines is 1. The first-order valence-electron chi connectivity index (χ1n) is 7.04. The van der Waals surface area contributed by atoms with Crippen LogP contribution in [0.1, 0.15) is 37.4 Å². The van der Waals surface area contributed by atoms with Gasteiger partial charge >= 0.3 is 0 Å². The average Bonchev–Trinajstić information content (AvgIpc) is 2.48. The molecular weight excluding hydrogens is 258 g/mol. The number of piperidine rings is 1. The first-order chi connectivity index (χ1) is 9.22. The number of hydrogen-bond donors (Lipinski definition) is 3. The lowest BCUT2D eigenvalue weighted by Gasteiger charge is -2.29. The number of aliphatic hydroxyl groups excluding tert-OH is 2. The Morgan fingerprint density at radius 2 is 1.89 bits per heavy atom. The van der Waals surface area contributed by atoms with Crippen LogP contribution in [0.4, 0.5) is 5.69 Å². The molecule has 1 heterocycles. The van der Waals surface area contributed by atoms with Gasteiger partial charge in [-0.1, -0.05) is 12.1 Å². The fraction of sp³-hybridized carbons (Fsp3) is 0.600. The van der Waals surface area contributed by atoms with E-state index in [9.17, 15) is 10.2 Å². The topological polar surface area (TPSA) is 43.7 Å². The summed E-state index contributed by atoms with van der Waals surface area (Å²) in [5, 5.41) is 20.0. The number of aliphatic hydroxyl groups is 2. The maximum atomic E-state index is 10.1. The zero-order valence-electron chi connectivity index (χ0n) is 11.2. The molecule has 2 atom stereocenters. The van der Waals surface area contributed by atoms with Gasteiger partial charge in [-0.05, 0) is 49.1 Å². The Hall–Kier alpha value is -0.710. The lowest BCUT2D eigenvalue weighted by molar-refractivity contribution is 0.0172. The summed E-state index contributed by atoms with van der Waals surface area (Å²) < 4.78 is 0. The fourth-order valence-corrected chi connectivity index (χ4v) is 2.83. The summed E-state index contributed by atoms with van der Waals surface area (Å²) in [4.78, 5) is 2.35. The molecule has 0 radical (unpaired) electrons. The summed E-state index contributed by atoms with van der Waals surface area (Å²) in [5.41, 5.74) is 1.94. The first-order valence-corrected chi connectivity index (χ1v) is 7.67. The van der Waals surface area contributed by atoms with Crippen molar-refractivity contribution in [3.8, 4) is 0 Å². The highest BCUT2D eigenvalue weighted by atomic mass is 32.1. The van der Waals surface area contributed by atoms with Gasteiger partial charge in [0.2, 0.25) is 0 Å². The van der Waals surface area contributed by atoms with Crippen molar-refractivity contribution in [3.63, 3.8) is 0 Å². The molecule has 106 valence electrons. The second-order valence-electron chi connectivity index (χ2n) is 5.17. The minimum atomic E-state index is -0.822. The van der Waals surface area contributed by atoms with Crippen molar-refractivity contribution in [1.82, 2.24) is 0 Å². The Labute approximate surface area is 120 Å². The predicted molar refractivity (Wildman–Crippen MR) is 81.9 cm³/mol. The average molecular weight is 281 g/mol. The molecule has 0 aromatic heterocycles. The van der Waals surface area contributed by atoms with E-state index in [-0.39, 0.29) is 0 Å². The molecule has 19 heavy (non-hydrogen) atoms. The third-order valence-electron chi connectivity index (χ3n) is 3.72. The Balaban J connectivity index is 2.09. The maximum Gasteiger partial charge on any atom is 0.105 e. The van der Waals surface area contributed by atoms with Crippen LogP contribution < -0.4 is 4.90 Å². The summed E-state index contributed by atoms with van der Waals surface area (Å²) in [6.07, 6.45) is 2.70. The van der Waals surface area contributed by atoms with Gasteiger partial charge in [-0.15, -0.1) is 0 Å². The lowest BCUT2D eigenvalue weighted by atomic mass is 10.0. The van der Waals surface area contributed by atoms with E-state index in [1.807, 2.05) is 18.2 Å². The van der Waals surface area contributed by atoms with E-state index in [1.54, 1.807) is 0 Å². The van der Waals surface area contributed by atoms with Gasteiger partial charge < -0.3 is 15.1 Å². The van der Waals surface area contributed by atoms with E-state index >= 15 is 0 Å². The number of hydrogen-bond acceptors (Lipinski definition) is 4. The lowest BCUT2D eigenvalue weighted by Crippen LogP contribution is -2.29. The van der Waals surface area contributed by atoms with Crippen LogP contribution in [0.2, 0.25) is 0 Å². The van der Waals surface area contributed by atoms with Crippen molar-refractivity contribution in [2.45, 2.75) is 37.9 Å². The van der Waals surface area contributed by atoms with E-state index in [4.69, 9.17) is 0 Å². The third kappa shape index (κ3) is 3.88. The van der Waals surface area contributed by atoms with Crippen LogP contribution in [-0.4, -0.2) is 35.2 Å². The van der Waals surface area contributed by atoms with Crippen LogP contribution >= 0.6 is 12.6 Å². The molecule has 0 bridgehead atoms. The number of thiol groups is 1. The molecule has 1 aromatic carbocycles. The molecule has 0 amide bonds. The quantitative estimate of drug-likeness (QED) is 0.726. The van der Waals surface area contributed by atoms with Gasteiger partial charge in [0, 0.05) is 18.8 Å². The molecule has 2 N–H and O–H groups in total.